The molecule has 0 aliphatic rings. The first-order valence-corrected chi connectivity index (χ1v) is 6.07. The molecule has 0 fully saturated rings. The van der Waals surface area contributed by atoms with Gasteiger partial charge in [-0.15, -0.1) is 0 Å². The Hall–Kier alpha value is -0.570. The standard InChI is InChI=1S/C12H25NO2/c1-3-4-6-9-12(15)13(2)10-7-5-8-11-14/h14H,3-11H2,1-2H3. The van der Waals surface area contributed by atoms with E-state index in [0.29, 0.717) is 6.42 Å². The van der Waals surface area contributed by atoms with Gasteiger partial charge in [0.05, 0.1) is 0 Å². The molecule has 3 nitrogen and oxygen atoms in total. The highest BCUT2D eigenvalue weighted by atomic mass is 16.2. The van der Waals surface area contributed by atoms with E-state index in [0.717, 1.165) is 45.1 Å². The predicted octanol–water partition coefficient (Wildman–Crippen LogP) is 2.19. The molecule has 0 unspecified atom stereocenters. The summed E-state index contributed by atoms with van der Waals surface area (Å²) in [7, 11) is 1.87. The molecule has 0 heterocycles. The highest BCUT2D eigenvalue weighted by Gasteiger charge is 2.06. The Labute approximate surface area is 93.5 Å². The van der Waals surface area contributed by atoms with Gasteiger partial charge < -0.3 is 10.0 Å². The third-order valence-electron chi connectivity index (χ3n) is 2.57. The first kappa shape index (κ1) is 14.4. The number of aliphatic hydroxyl groups excluding tert-OH is 1. The quantitative estimate of drug-likeness (QED) is 0.599. The third kappa shape index (κ3) is 8.43. The van der Waals surface area contributed by atoms with E-state index in [1.54, 1.807) is 0 Å². The van der Waals surface area contributed by atoms with Crippen LogP contribution in [0.25, 0.3) is 0 Å². The number of rotatable bonds is 9. The molecule has 0 spiro atoms. The van der Waals surface area contributed by atoms with Crippen LogP contribution in [0.5, 0.6) is 0 Å². The third-order valence-corrected chi connectivity index (χ3v) is 2.57. The van der Waals surface area contributed by atoms with Gasteiger partial charge in [0.25, 0.3) is 0 Å². The molecule has 0 aromatic heterocycles. The summed E-state index contributed by atoms with van der Waals surface area (Å²) >= 11 is 0. The second-order valence-corrected chi connectivity index (χ2v) is 4.06. The highest BCUT2D eigenvalue weighted by molar-refractivity contribution is 5.75. The van der Waals surface area contributed by atoms with Crippen molar-refractivity contribution in [1.29, 1.82) is 0 Å². The maximum Gasteiger partial charge on any atom is 0.222 e. The van der Waals surface area contributed by atoms with Gasteiger partial charge in [-0.3, -0.25) is 4.79 Å². The van der Waals surface area contributed by atoms with Crippen molar-refractivity contribution in [3.63, 3.8) is 0 Å². The molecule has 1 amide bonds. The van der Waals surface area contributed by atoms with Crippen LogP contribution >= 0.6 is 0 Å². The minimum absolute atomic E-state index is 0.257. The van der Waals surface area contributed by atoms with E-state index in [-0.39, 0.29) is 12.5 Å². The van der Waals surface area contributed by atoms with Crippen molar-refractivity contribution in [3.05, 3.63) is 0 Å². The summed E-state index contributed by atoms with van der Waals surface area (Å²) in [6, 6.07) is 0. The minimum Gasteiger partial charge on any atom is -0.396 e. The lowest BCUT2D eigenvalue weighted by Crippen LogP contribution is -2.27. The number of carbonyl (C=O) groups is 1. The van der Waals surface area contributed by atoms with Gasteiger partial charge in [0.1, 0.15) is 0 Å². The van der Waals surface area contributed by atoms with Gasteiger partial charge in [-0.05, 0) is 25.7 Å². The molecule has 0 saturated carbocycles. The van der Waals surface area contributed by atoms with Crippen LogP contribution in [0.1, 0.15) is 51.9 Å². The molecule has 0 bridgehead atoms. The Bertz CT molecular complexity index is 160. The number of hydrogen-bond donors (Lipinski definition) is 1. The Morgan fingerprint density at radius 3 is 2.47 bits per heavy atom. The monoisotopic (exact) mass is 215 g/mol. The van der Waals surface area contributed by atoms with Crippen LogP contribution in [-0.2, 0) is 4.79 Å². The van der Waals surface area contributed by atoms with Crippen LogP contribution in [0.3, 0.4) is 0 Å². The molecule has 0 aliphatic heterocycles. The summed E-state index contributed by atoms with van der Waals surface area (Å²) in [6.07, 6.45) is 6.84. The first-order chi connectivity index (χ1) is 7.22. The van der Waals surface area contributed by atoms with E-state index < -0.39 is 0 Å². The molecular weight excluding hydrogens is 190 g/mol. The van der Waals surface area contributed by atoms with Crippen molar-refractivity contribution in [1.82, 2.24) is 4.90 Å². The molecule has 0 saturated heterocycles. The van der Waals surface area contributed by atoms with E-state index in [4.69, 9.17) is 5.11 Å². The fourth-order valence-electron chi connectivity index (χ4n) is 1.48. The predicted molar refractivity (Wildman–Crippen MR) is 62.7 cm³/mol. The number of unbranched alkanes of at least 4 members (excludes halogenated alkanes) is 4. The van der Waals surface area contributed by atoms with Crippen molar-refractivity contribution in [2.45, 2.75) is 51.9 Å². The number of hydrogen-bond acceptors (Lipinski definition) is 2. The van der Waals surface area contributed by atoms with Crippen molar-refractivity contribution >= 4 is 5.91 Å². The first-order valence-electron chi connectivity index (χ1n) is 6.07. The number of amides is 1. The second-order valence-electron chi connectivity index (χ2n) is 4.06. The summed E-state index contributed by atoms with van der Waals surface area (Å²) in [4.78, 5) is 13.4. The van der Waals surface area contributed by atoms with Crippen LogP contribution < -0.4 is 0 Å². The molecule has 15 heavy (non-hydrogen) atoms. The van der Waals surface area contributed by atoms with E-state index in [9.17, 15) is 4.79 Å². The van der Waals surface area contributed by atoms with Crippen molar-refractivity contribution in [2.24, 2.45) is 0 Å². The Balaban J connectivity index is 3.42. The molecule has 90 valence electrons. The second kappa shape index (κ2) is 9.97. The van der Waals surface area contributed by atoms with Gasteiger partial charge in [-0.1, -0.05) is 19.8 Å². The summed E-state index contributed by atoms with van der Waals surface area (Å²) in [5.41, 5.74) is 0. The number of aliphatic hydroxyl groups is 1. The van der Waals surface area contributed by atoms with Crippen molar-refractivity contribution in [2.75, 3.05) is 20.2 Å². The molecule has 0 rings (SSSR count). The SMILES string of the molecule is CCCCCC(=O)N(C)CCCCCO. The Kier molecular flexibility index (Phi) is 9.59. The largest absolute Gasteiger partial charge is 0.396 e. The smallest absolute Gasteiger partial charge is 0.222 e. The zero-order valence-corrected chi connectivity index (χ0v) is 10.2. The fourth-order valence-corrected chi connectivity index (χ4v) is 1.48. The maximum atomic E-state index is 11.6. The van der Waals surface area contributed by atoms with Gasteiger partial charge in [0, 0.05) is 26.6 Å². The van der Waals surface area contributed by atoms with Crippen LogP contribution in [0, 0.1) is 0 Å². The zero-order chi connectivity index (χ0) is 11.5. The van der Waals surface area contributed by atoms with Crippen LogP contribution in [0.2, 0.25) is 0 Å². The summed E-state index contributed by atoms with van der Waals surface area (Å²) < 4.78 is 0. The van der Waals surface area contributed by atoms with Gasteiger partial charge in [0.15, 0.2) is 0 Å². The summed E-state index contributed by atoms with van der Waals surface area (Å²) in [6.45, 7) is 3.22. The molecule has 0 aromatic carbocycles. The van der Waals surface area contributed by atoms with Crippen LogP contribution in [-0.4, -0.2) is 36.1 Å². The lowest BCUT2D eigenvalue weighted by atomic mass is 10.2. The van der Waals surface area contributed by atoms with Gasteiger partial charge >= 0.3 is 0 Å². The topological polar surface area (TPSA) is 40.5 Å². The lowest BCUT2D eigenvalue weighted by molar-refractivity contribution is -0.130. The highest BCUT2D eigenvalue weighted by Crippen LogP contribution is 2.03. The Morgan fingerprint density at radius 1 is 1.13 bits per heavy atom. The lowest BCUT2D eigenvalue weighted by Gasteiger charge is -2.16. The molecule has 0 aromatic rings. The maximum absolute atomic E-state index is 11.6. The Morgan fingerprint density at radius 2 is 1.87 bits per heavy atom. The summed E-state index contributed by atoms with van der Waals surface area (Å²) in [5, 5.41) is 8.60. The van der Waals surface area contributed by atoms with Crippen molar-refractivity contribution in [3.8, 4) is 0 Å². The van der Waals surface area contributed by atoms with Crippen LogP contribution in [0.15, 0.2) is 0 Å². The molecule has 1 N–H and O–H groups in total. The molecule has 0 aliphatic carbocycles. The summed E-state index contributed by atoms with van der Waals surface area (Å²) in [5.74, 6) is 0.257. The number of carbonyl (C=O) groups excluding carboxylic acids is 1. The van der Waals surface area contributed by atoms with E-state index >= 15 is 0 Å². The molecule has 0 radical (unpaired) electrons. The minimum atomic E-state index is 0.257. The van der Waals surface area contributed by atoms with Gasteiger partial charge in [-0.2, -0.15) is 0 Å². The van der Waals surface area contributed by atoms with E-state index in [2.05, 4.69) is 6.92 Å². The molecule has 0 atom stereocenters. The molecular formula is C12H25NO2. The van der Waals surface area contributed by atoms with E-state index in [1.165, 1.54) is 0 Å². The van der Waals surface area contributed by atoms with Crippen LogP contribution in [0.4, 0.5) is 0 Å². The molecule has 3 heteroatoms. The zero-order valence-electron chi connectivity index (χ0n) is 10.2. The van der Waals surface area contributed by atoms with Gasteiger partial charge in [-0.25, -0.2) is 0 Å². The van der Waals surface area contributed by atoms with Gasteiger partial charge in [0.2, 0.25) is 5.91 Å². The fraction of sp³-hybridized carbons (Fsp3) is 0.917. The van der Waals surface area contributed by atoms with E-state index in [1.807, 2.05) is 11.9 Å². The number of nitrogens with zero attached hydrogens (tertiary/aromatic N) is 1. The average molecular weight is 215 g/mol. The average Bonchev–Trinajstić information content (AvgIpc) is 2.24. The van der Waals surface area contributed by atoms with Crippen molar-refractivity contribution < 1.29 is 9.90 Å². The normalized spacial score (nSPS) is 10.3.